The first-order valence-corrected chi connectivity index (χ1v) is 4.27. The van der Waals surface area contributed by atoms with Gasteiger partial charge in [0.1, 0.15) is 11.6 Å². The van der Waals surface area contributed by atoms with Crippen LogP contribution in [0.15, 0.2) is 12.7 Å². The van der Waals surface area contributed by atoms with E-state index in [4.69, 9.17) is 0 Å². The molecule has 0 aromatic carbocycles. The van der Waals surface area contributed by atoms with Crippen molar-refractivity contribution in [1.82, 2.24) is 0 Å². The second-order valence-corrected chi connectivity index (χ2v) is 3.92. The third-order valence-corrected chi connectivity index (χ3v) is 3.57. The lowest BCUT2D eigenvalue weighted by molar-refractivity contribution is -0.132. The van der Waals surface area contributed by atoms with Crippen LogP contribution in [-0.4, -0.2) is 11.6 Å². The van der Waals surface area contributed by atoms with Crippen molar-refractivity contribution in [3.63, 3.8) is 0 Å². The number of rotatable bonds is 2. The average Bonchev–Trinajstić information content (AvgIpc) is 2.65. The zero-order valence-corrected chi connectivity index (χ0v) is 7.22. The molecule has 2 aliphatic carbocycles. The standard InChI is InChI=1S/C10H12O2/c1-3-9-5-4-8(12)10(9,6-9)7(2)11/h3H,1,4-6H2,2H3/t9-,10+/m1/s1. The van der Waals surface area contributed by atoms with Crippen LogP contribution >= 0.6 is 0 Å². The zero-order chi connectivity index (χ0) is 8.98. The lowest BCUT2D eigenvalue weighted by atomic mass is 9.92. The third-order valence-electron chi connectivity index (χ3n) is 3.57. The SMILES string of the molecule is C=C[C@]12CCC(=O)[C@@]1(C(C)=O)C2. The smallest absolute Gasteiger partial charge is 0.147 e. The monoisotopic (exact) mass is 164 g/mol. The molecule has 2 heteroatoms. The maximum Gasteiger partial charge on any atom is 0.147 e. The Morgan fingerprint density at radius 1 is 1.67 bits per heavy atom. The molecule has 2 atom stereocenters. The van der Waals surface area contributed by atoms with Crippen LogP contribution in [0.3, 0.4) is 0 Å². The van der Waals surface area contributed by atoms with E-state index in [1.807, 2.05) is 0 Å². The normalized spacial score (nSPS) is 43.9. The second kappa shape index (κ2) is 1.87. The number of hydrogen-bond donors (Lipinski definition) is 0. The van der Waals surface area contributed by atoms with Gasteiger partial charge in [-0.1, -0.05) is 6.08 Å². The quantitative estimate of drug-likeness (QED) is 0.458. The highest BCUT2D eigenvalue weighted by atomic mass is 16.2. The van der Waals surface area contributed by atoms with E-state index in [0.29, 0.717) is 6.42 Å². The van der Waals surface area contributed by atoms with Crippen molar-refractivity contribution in [3.05, 3.63) is 12.7 Å². The van der Waals surface area contributed by atoms with Gasteiger partial charge in [0, 0.05) is 11.8 Å². The first-order chi connectivity index (χ1) is 5.59. The number of fused-ring (bicyclic) bond motifs is 1. The fourth-order valence-corrected chi connectivity index (χ4v) is 2.68. The fourth-order valence-electron chi connectivity index (χ4n) is 2.68. The minimum absolute atomic E-state index is 0.0323. The van der Waals surface area contributed by atoms with Gasteiger partial charge < -0.3 is 0 Å². The molecule has 2 aliphatic rings. The molecule has 0 amide bonds. The van der Waals surface area contributed by atoms with E-state index in [1.54, 1.807) is 6.08 Å². The molecule has 0 aliphatic heterocycles. The highest BCUT2D eigenvalue weighted by Gasteiger charge is 2.75. The third kappa shape index (κ3) is 0.542. The summed E-state index contributed by atoms with van der Waals surface area (Å²) in [5.74, 6) is 0.166. The van der Waals surface area contributed by atoms with Crippen LogP contribution in [0.5, 0.6) is 0 Å². The molecule has 0 spiro atoms. The van der Waals surface area contributed by atoms with Crippen molar-refractivity contribution in [2.45, 2.75) is 26.2 Å². The summed E-state index contributed by atoms with van der Waals surface area (Å²) in [4.78, 5) is 22.8. The number of ketones is 2. The summed E-state index contributed by atoms with van der Waals surface area (Å²) in [5, 5.41) is 0. The number of carbonyl (C=O) groups is 2. The Morgan fingerprint density at radius 2 is 2.33 bits per heavy atom. The summed E-state index contributed by atoms with van der Waals surface area (Å²) in [6.45, 7) is 5.24. The van der Waals surface area contributed by atoms with Crippen molar-refractivity contribution in [1.29, 1.82) is 0 Å². The first kappa shape index (κ1) is 7.71. The van der Waals surface area contributed by atoms with Crippen molar-refractivity contribution in [2.75, 3.05) is 0 Å². The molecule has 0 aromatic rings. The highest BCUT2D eigenvalue weighted by Crippen LogP contribution is 2.72. The molecule has 0 heterocycles. The van der Waals surface area contributed by atoms with Gasteiger partial charge >= 0.3 is 0 Å². The van der Waals surface area contributed by atoms with E-state index >= 15 is 0 Å². The van der Waals surface area contributed by atoms with Crippen LogP contribution in [0.2, 0.25) is 0 Å². The van der Waals surface area contributed by atoms with E-state index < -0.39 is 5.41 Å². The molecule has 12 heavy (non-hydrogen) atoms. The van der Waals surface area contributed by atoms with Gasteiger partial charge in [-0.25, -0.2) is 0 Å². The van der Waals surface area contributed by atoms with Crippen LogP contribution in [0.25, 0.3) is 0 Å². The Morgan fingerprint density at radius 3 is 2.67 bits per heavy atom. The Kier molecular flexibility index (Phi) is 1.20. The van der Waals surface area contributed by atoms with E-state index in [9.17, 15) is 9.59 Å². The topological polar surface area (TPSA) is 34.1 Å². The van der Waals surface area contributed by atoms with Crippen molar-refractivity contribution >= 4 is 11.6 Å². The van der Waals surface area contributed by atoms with Crippen molar-refractivity contribution in [3.8, 4) is 0 Å². The maximum absolute atomic E-state index is 11.5. The fraction of sp³-hybridized carbons (Fsp3) is 0.600. The maximum atomic E-state index is 11.5. The van der Waals surface area contributed by atoms with Crippen LogP contribution in [0.4, 0.5) is 0 Å². The second-order valence-electron chi connectivity index (χ2n) is 3.92. The van der Waals surface area contributed by atoms with E-state index in [-0.39, 0.29) is 17.0 Å². The molecule has 2 rings (SSSR count). The summed E-state index contributed by atoms with van der Waals surface area (Å²) in [6.07, 6.45) is 3.91. The van der Waals surface area contributed by atoms with Crippen molar-refractivity contribution in [2.24, 2.45) is 10.8 Å². The van der Waals surface area contributed by atoms with Gasteiger partial charge in [0.2, 0.25) is 0 Å². The van der Waals surface area contributed by atoms with Crippen molar-refractivity contribution < 1.29 is 9.59 Å². The Balaban J connectivity index is 2.44. The van der Waals surface area contributed by atoms with Crippen LogP contribution in [0.1, 0.15) is 26.2 Å². The molecule has 0 radical (unpaired) electrons. The molecule has 0 saturated heterocycles. The minimum atomic E-state index is -0.630. The Bertz CT molecular complexity index is 292. The molecule has 0 aromatic heterocycles. The number of allylic oxidation sites excluding steroid dienone is 1. The molecule has 0 unspecified atom stereocenters. The van der Waals surface area contributed by atoms with Gasteiger partial charge in [0.05, 0.1) is 5.41 Å². The molecular formula is C10H12O2. The van der Waals surface area contributed by atoms with Crippen LogP contribution in [0, 0.1) is 10.8 Å². The zero-order valence-electron chi connectivity index (χ0n) is 7.22. The number of carbonyl (C=O) groups excluding carboxylic acids is 2. The lowest BCUT2D eigenvalue weighted by Gasteiger charge is -2.08. The van der Waals surface area contributed by atoms with Gasteiger partial charge in [0.25, 0.3) is 0 Å². The molecule has 2 saturated carbocycles. The summed E-state index contributed by atoms with van der Waals surface area (Å²) >= 11 is 0. The predicted octanol–water partition coefficient (Wildman–Crippen LogP) is 1.50. The summed E-state index contributed by atoms with van der Waals surface area (Å²) in [5.41, 5.74) is -0.773. The largest absolute Gasteiger partial charge is 0.299 e. The summed E-state index contributed by atoms with van der Waals surface area (Å²) < 4.78 is 0. The van der Waals surface area contributed by atoms with E-state index in [1.165, 1.54) is 6.92 Å². The average molecular weight is 164 g/mol. The number of hydrogen-bond acceptors (Lipinski definition) is 2. The molecular weight excluding hydrogens is 152 g/mol. The Labute approximate surface area is 71.6 Å². The van der Waals surface area contributed by atoms with Gasteiger partial charge in [0.15, 0.2) is 0 Å². The lowest BCUT2D eigenvalue weighted by Crippen LogP contribution is -2.23. The molecule has 2 fully saturated rings. The predicted molar refractivity (Wildman–Crippen MR) is 44.6 cm³/mol. The van der Waals surface area contributed by atoms with E-state index in [0.717, 1.165) is 12.8 Å². The molecule has 0 bridgehead atoms. The van der Waals surface area contributed by atoms with Gasteiger partial charge in [-0.2, -0.15) is 0 Å². The van der Waals surface area contributed by atoms with E-state index in [2.05, 4.69) is 6.58 Å². The van der Waals surface area contributed by atoms with Gasteiger partial charge in [-0.05, 0) is 19.8 Å². The summed E-state index contributed by atoms with van der Waals surface area (Å²) in [7, 11) is 0. The Hall–Kier alpha value is -0.920. The minimum Gasteiger partial charge on any atom is -0.299 e. The summed E-state index contributed by atoms with van der Waals surface area (Å²) in [6, 6.07) is 0. The van der Waals surface area contributed by atoms with Crippen LogP contribution < -0.4 is 0 Å². The molecule has 2 nitrogen and oxygen atoms in total. The van der Waals surface area contributed by atoms with Gasteiger partial charge in [-0.15, -0.1) is 6.58 Å². The molecule has 0 N–H and O–H groups in total. The number of Topliss-reactive ketones (excluding diaryl/α,β-unsaturated/α-hetero) is 2. The highest BCUT2D eigenvalue weighted by molar-refractivity contribution is 6.12. The van der Waals surface area contributed by atoms with Crippen LogP contribution in [-0.2, 0) is 9.59 Å². The molecule has 64 valence electrons. The van der Waals surface area contributed by atoms with Gasteiger partial charge in [-0.3, -0.25) is 9.59 Å². The first-order valence-electron chi connectivity index (χ1n) is 4.27.